The van der Waals surface area contributed by atoms with Crippen LogP contribution in [0, 0.1) is 0 Å². The molecule has 0 saturated heterocycles. The molecule has 0 aliphatic carbocycles. The van der Waals surface area contributed by atoms with Crippen LogP contribution in [0.4, 0.5) is 11.4 Å². The number of ether oxygens (including phenoxy) is 1. The largest absolute Gasteiger partial charge is 0.482 e. The Balaban J connectivity index is 1.85. The lowest BCUT2D eigenvalue weighted by Gasteiger charge is -2.32. The van der Waals surface area contributed by atoms with Gasteiger partial charge in [0.2, 0.25) is 5.91 Å². The van der Waals surface area contributed by atoms with Crippen molar-refractivity contribution in [3.05, 3.63) is 29.8 Å². The third-order valence-electron chi connectivity index (χ3n) is 4.69. The third kappa shape index (κ3) is 2.45. The van der Waals surface area contributed by atoms with Gasteiger partial charge in [0.1, 0.15) is 17.9 Å². The number of carbonyl (C=O) groups excluding carboxylic acids is 2. The minimum atomic E-state index is -0.187. The molecule has 1 aromatic carbocycles. The van der Waals surface area contributed by atoms with E-state index in [-0.39, 0.29) is 24.3 Å². The molecule has 1 N–H and O–H groups in total. The van der Waals surface area contributed by atoms with Crippen LogP contribution in [0.25, 0.3) is 0 Å². The molecule has 0 bridgehead atoms. The van der Waals surface area contributed by atoms with E-state index >= 15 is 0 Å². The van der Waals surface area contributed by atoms with Gasteiger partial charge in [0.15, 0.2) is 6.61 Å². The fraction of sp³-hybridized carbons (Fsp3) is 0.412. The number of carbonyl (C=O) groups is 2. The first-order valence-electron chi connectivity index (χ1n) is 8.41. The van der Waals surface area contributed by atoms with Crippen LogP contribution in [0.3, 0.4) is 0 Å². The molecular weight excluding hydrogens is 322 g/mol. The molecule has 0 saturated carbocycles. The Morgan fingerprint density at radius 3 is 2.88 bits per heavy atom. The number of nitrogens with one attached hydrogen (secondary N) is 1. The second kappa shape index (κ2) is 5.87. The maximum atomic E-state index is 12.2. The fourth-order valence-electron chi connectivity index (χ4n) is 3.52. The molecule has 1 aromatic heterocycles. The van der Waals surface area contributed by atoms with Crippen molar-refractivity contribution in [2.24, 2.45) is 0 Å². The van der Waals surface area contributed by atoms with Crippen LogP contribution in [0.5, 0.6) is 5.75 Å². The summed E-state index contributed by atoms with van der Waals surface area (Å²) in [7, 11) is 0. The van der Waals surface area contributed by atoms with Gasteiger partial charge in [-0.25, -0.2) is 9.67 Å². The van der Waals surface area contributed by atoms with Crippen molar-refractivity contribution in [2.45, 2.75) is 32.7 Å². The zero-order valence-electron chi connectivity index (χ0n) is 14.2. The lowest BCUT2D eigenvalue weighted by atomic mass is 9.89. The van der Waals surface area contributed by atoms with Gasteiger partial charge in [-0.3, -0.25) is 9.59 Å². The van der Waals surface area contributed by atoms with Gasteiger partial charge >= 0.3 is 0 Å². The number of anilines is 2. The molecule has 0 fully saturated rings. The van der Waals surface area contributed by atoms with Crippen molar-refractivity contribution in [1.29, 1.82) is 0 Å². The van der Waals surface area contributed by atoms with Crippen LogP contribution in [0.15, 0.2) is 18.5 Å². The summed E-state index contributed by atoms with van der Waals surface area (Å²) in [5.41, 5.74) is 2.32. The SMILES string of the molecule is CCN1C(=O)COc2cc3c(cc21)NC(=O)CC3c1ncnn1CC. The number of aryl methyl sites for hydroxylation is 1. The Morgan fingerprint density at radius 1 is 1.28 bits per heavy atom. The van der Waals surface area contributed by atoms with Gasteiger partial charge in [0.25, 0.3) is 5.91 Å². The van der Waals surface area contributed by atoms with Gasteiger partial charge in [-0.2, -0.15) is 5.10 Å². The summed E-state index contributed by atoms with van der Waals surface area (Å²) in [5.74, 6) is 1.07. The molecule has 0 radical (unpaired) electrons. The standard InChI is InChI=1S/C17H19N5O3/c1-3-21-13-7-12-10(5-14(13)25-8-16(21)24)11(6-15(23)20-12)17-18-9-19-22(17)4-2/h5,7,9,11H,3-4,6,8H2,1-2H3,(H,20,23). The summed E-state index contributed by atoms with van der Waals surface area (Å²) in [6.07, 6.45) is 1.82. The van der Waals surface area contributed by atoms with Crippen LogP contribution < -0.4 is 15.0 Å². The number of benzene rings is 1. The number of rotatable bonds is 3. The van der Waals surface area contributed by atoms with Gasteiger partial charge < -0.3 is 15.0 Å². The van der Waals surface area contributed by atoms with Gasteiger partial charge in [-0.15, -0.1) is 0 Å². The Morgan fingerprint density at radius 2 is 2.12 bits per heavy atom. The average Bonchev–Trinajstić information content (AvgIpc) is 3.08. The molecule has 8 nitrogen and oxygen atoms in total. The molecule has 2 aromatic rings. The lowest BCUT2D eigenvalue weighted by Crippen LogP contribution is -2.39. The molecule has 3 heterocycles. The van der Waals surface area contributed by atoms with E-state index in [1.165, 1.54) is 6.33 Å². The van der Waals surface area contributed by atoms with E-state index in [9.17, 15) is 9.59 Å². The summed E-state index contributed by atoms with van der Waals surface area (Å²) >= 11 is 0. The minimum absolute atomic E-state index is 0.0296. The van der Waals surface area contributed by atoms with Crippen molar-refractivity contribution < 1.29 is 14.3 Å². The quantitative estimate of drug-likeness (QED) is 0.914. The van der Waals surface area contributed by atoms with Crippen LogP contribution in [-0.2, 0) is 16.1 Å². The smallest absolute Gasteiger partial charge is 0.265 e. The molecule has 2 aliphatic rings. The van der Waals surface area contributed by atoms with Crippen LogP contribution in [-0.4, -0.2) is 39.7 Å². The topological polar surface area (TPSA) is 89.3 Å². The first kappa shape index (κ1) is 15.6. The highest BCUT2D eigenvalue weighted by molar-refractivity contribution is 6.01. The van der Waals surface area contributed by atoms with Gasteiger partial charge in [0.05, 0.1) is 11.6 Å². The van der Waals surface area contributed by atoms with Gasteiger partial charge in [-0.05, 0) is 31.5 Å². The van der Waals surface area contributed by atoms with E-state index in [1.807, 2.05) is 26.0 Å². The predicted octanol–water partition coefficient (Wildman–Crippen LogP) is 1.52. The zero-order valence-corrected chi connectivity index (χ0v) is 14.2. The summed E-state index contributed by atoms with van der Waals surface area (Å²) in [4.78, 5) is 30.3. The first-order chi connectivity index (χ1) is 12.1. The number of amides is 2. The molecule has 2 aliphatic heterocycles. The highest BCUT2D eigenvalue weighted by atomic mass is 16.5. The summed E-state index contributed by atoms with van der Waals surface area (Å²) < 4.78 is 7.44. The van der Waals surface area contributed by atoms with Crippen molar-refractivity contribution in [2.75, 3.05) is 23.4 Å². The number of nitrogens with zero attached hydrogens (tertiary/aromatic N) is 4. The number of fused-ring (bicyclic) bond motifs is 2. The Hall–Kier alpha value is -2.90. The fourth-order valence-corrected chi connectivity index (χ4v) is 3.52. The molecule has 25 heavy (non-hydrogen) atoms. The number of hydrogen-bond acceptors (Lipinski definition) is 5. The van der Waals surface area contributed by atoms with Crippen molar-refractivity contribution >= 4 is 23.2 Å². The molecule has 1 unspecified atom stereocenters. The normalized spacial score (nSPS) is 19.1. The van der Waals surface area contributed by atoms with E-state index in [0.717, 1.165) is 11.4 Å². The van der Waals surface area contributed by atoms with E-state index in [2.05, 4.69) is 15.4 Å². The summed E-state index contributed by atoms with van der Waals surface area (Å²) in [6, 6.07) is 3.74. The third-order valence-corrected chi connectivity index (χ3v) is 4.69. The zero-order chi connectivity index (χ0) is 17.6. The monoisotopic (exact) mass is 341 g/mol. The molecule has 4 rings (SSSR count). The molecule has 130 valence electrons. The summed E-state index contributed by atoms with van der Waals surface area (Å²) in [6.45, 7) is 5.17. The average molecular weight is 341 g/mol. The van der Waals surface area contributed by atoms with E-state index in [4.69, 9.17) is 4.74 Å². The van der Waals surface area contributed by atoms with Crippen LogP contribution in [0.2, 0.25) is 0 Å². The second-order valence-electron chi connectivity index (χ2n) is 6.07. The van der Waals surface area contributed by atoms with Crippen molar-refractivity contribution in [3.63, 3.8) is 0 Å². The number of aromatic nitrogens is 3. The molecule has 2 amide bonds. The Bertz CT molecular complexity index is 860. The number of likely N-dealkylation sites (N-methyl/N-ethyl adjacent to an activating group) is 1. The van der Waals surface area contributed by atoms with Gasteiger partial charge in [0, 0.05) is 25.2 Å². The van der Waals surface area contributed by atoms with Crippen molar-refractivity contribution in [3.8, 4) is 5.75 Å². The summed E-state index contributed by atoms with van der Waals surface area (Å²) in [5, 5.41) is 7.13. The first-order valence-corrected chi connectivity index (χ1v) is 8.41. The van der Waals surface area contributed by atoms with E-state index in [1.54, 1.807) is 9.58 Å². The molecule has 1 atom stereocenters. The maximum absolute atomic E-state index is 12.2. The second-order valence-corrected chi connectivity index (χ2v) is 6.07. The Labute approximate surface area is 144 Å². The van der Waals surface area contributed by atoms with E-state index < -0.39 is 0 Å². The maximum Gasteiger partial charge on any atom is 0.265 e. The predicted molar refractivity (Wildman–Crippen MR) is 90.7 cm³/mol. The van der Waals surface area contributed by atoms with Crippen LogP contribution in [0.1, 0.15) is 37.6 Å². The van der Waals surface area contributed by atoms with Crippen LogP contribution >= 0.6 is 0 Å². The van der Waals surface area contributed by atoms with E-state index in [0.29, 0.717) is 36.6 Å². The number of hydrogen-bond donors (Lipinski definition) is 1. The highest BCUT2D eigenvalue weighted by Gasteiger charge is 2.33. The molecule has 8 heteroatoms. The Kier molecular flexibility index (Phi) is 3.67. The van der Waals surface area contributed by atoms with Crippen molar-refractivity contribution in [1.82, 2.24) is 14.8 Å². The van der Waals surface area contributed by atoms with Gasteiger partial charge in [-0.1, -0.05) is 0 Å². The molecular formula is C17H19N5O3. The highest BCUT2D eigenvalue weighted by Crippen LogP contribution is 2.44. The molecule has 0 spiro atoms. The lowest BCUT2D eigenvalue weighted by molar-refractivity contribution is -0.121. The minimum Gasteiger partial charge on any atom is -0.482 e.